The number of likely N-dealkylation sites (tertiary alicyclic amines) is 1. The topological polar surface area (TPSA) is 41.3 Å². The summed E-state index contributed by atoms with van der Waals surface area (Å²) in [5.74, 6) is 0. The molecule has 1 N–H and O–H groups in total. The largest absolute Gasteiger partial charge is 0.389 e. The minimum absolute atomic E-state index is 0.475. The van der Waals surface area contributed by atoms with Crippen molar-refractivity contribution in [1.82, 2.24) is 14.7 Å². The monoisotopic (exact) mass is 335 g/mol. The van der Waals surface area contributed by atoms with Crippen LogP contribution in [0.25, 0.3) is 0 Å². The maximum Gasteiger partial charge on any atom is 0.102 e. The zero-order valence-electron chi connectivity index (χ0n) is 9.94. The molecule has 0 amide bonds. The molecular weight excluding hydrogens is 317 g/mol. The van der Waals surface area contributed by atoms with Gasteiger partial charge in [-0.05, 0) is 43.4 Å². The minimum Gasteiger partial charge on any atom is -0.389 e. The molecule has 1 saturated heterocycles. The van der Waals surface area contributed by atoms with Gasteiger partial charge in [-0.25, -0.2) is 0 Å². The van der Waals surface area contributed by atoms with Gasteiger partial charge in [-0.1, -0.05) is 0 Å². The summed E-state index contributed by atoms with van der Waals surface area (Å²) in [5.41, 5.74) is 0.638. The van der Waals surface area contributed by atoms with Crippen molar-refractivity contribution in [2.75, 3.05) is 19.6 Å². The van der Waals surface area contributed by atoms with Crippen LogP contribution in [0.5, 0.6) is 0 Å². The Bertz CT molecular complexity index is 377. The van der Waals surface area contributed by atoms with Crippen molar-refractivity contribution in [3.05, 3.63) is 15.5 Å². The molecule has 1 aliphatic rings. The van der Waals surface area contributed by atoms with Crippen LogP contribution in [-0.2, 0) is 0 Å². The molecule has 0 radical (unpaired) electrons. The van der Waals surface area contributed by atoms with Gasteiger partial charge in [0.05, 0.1) is 17.8 Å². The summed E-state index contributed by atoms with van der Waals surface area (Å²) in [4.78, 5) is 2.26. The van der Waals surface area contributed by atoms with E-state index in [0.717, 1.165) is 19.6 Å². The third-order valence-corrected chi connectivity index (χ3v) is 4.14. The molecule has 0 aliphatic carbocycles. The zero-order chi connectivity index (χ0) is 11.9. The van der Waals surface area contributed by atoms with Crippen molar-refractivity contribution in [2.45, 2.75) is 32.4 Å². The number of β-amino-alcohol motifs (C(OH)–C–C–N with tert-alkyl or cyclic N) is 1. The molecule has 0 unspecified atom stereocenters. The number of aryl methyl sites for hydroxylation is 1. The Kier molecular flexibility index (Phi) is 3.29. The van der Waals surface area contributed by atoms with E-state index >= 15 is 0 Å². The standard InChI is InChI=1S/C11H18IN3O/c1-8-4-13-15(10(8)12)9-5-14(6-9)7-11(2,3)16/h4,9,16H,5-7H2,1-3H3. The van der Waals surface area contributed by atoms with Gasteiger partial charge in [0.2, 0.25) is 0 Å². The summed E-state index contributed by atoms with van der Waals surface area (Å²) in [5, 5.41) is 14.1. The molecule has 1 fully saturated rings. The van der Waals surface area contributed by atoms with E-state index in [1.54, 1.807) is 0 Å². The average Bonchev–Trinajstić information content (AvgIpc) is 2.39. The van der Waals surface area contributed by atoms with E-state index in [0.29, 0.717) is 6.04 Å². The molecule has 2 heterocycles. The predicted molar refractivity (Wildman–Crippen MR) is 71.5 cm³/mol. The maximum atomic E-state index is 9.70. The molecular formula is C11H18IN3O. The Morgan fingerprint density at radius 3 is 2.62 bits per heavy atom. The lowest BCUT2D eigenvalue weighted by atomic mass is 10.0. The first-order valence-electron chi connectivity index (χ1n) is 5.51. The summed E-state index contributed by atoms with van der Waals surface area (Å²) in [6.45, 7) is 8.49. The number of rotatable bonds is 3. The highest BCUT2D eigenvalue weighted by Crippen LogP contribution is 2.25. The van der Waals surface area contributed by atoms with Crippen LogP contribution < -0.4 is 0 Å². The van der Waals surface area contributed by atoms with E-state index in [1.165, 1.54) is 9.26 Å². The van der Waals surface area contributed by atoms with Crippen LogP contribution in [0.4, 0.5) is 0 Å². The van der Waals surface area contributed by atoms with Crippen molar-refractivity contribution < 1.29 is 5.11 Å². The number of nitrogens with zero attached hydrogens (tertiary/aromatic N) is 3. The molecule has 0 bridgehead atoms. The van der Waals surface area contributed by atoms with Crippen molar-refractivity contribution in [3.8, 4) is 0 Å². The fraction of sp³-hybridized carbons (Fsp3) is 0.727. The van der Waals surface area contributed by atoms with Gasteiger partial charge in [-0.2, -0.15) is 5.10 Å². The fourth-order valence-electron chi connectivity index (χ4n) is 2.06. The van der Waals surface area contributed by atoms with E-state index in [-0.39, 0.29) is 0 Å². The highest BCUT2D eigenvalue weighted by Gasteiger charge is 2.32. The van der Waals surface area contributed by atoms with Gasteiger partial charge in [0, 0.05) is 25.2 Å². The Labute approximate surface area is 110 Å². The van der Waals surface area contributed by atoms with E-state index in [4.69, 9.17) is 0 Å². The molecule has 1 aromatic heterocycles. The Morgan fingerprint density at radius 2 is 2.19 bits per heavy atom. The van der Waals surface area contributed by atoms with Crippen LogP contribution >= 0.6 is 22.6 Å². The molecule has 1 aliphatic heterocycles. The minimum atomic E-state index is -0.599. The van der Waals surface area contributed by atoms with Gasteiger partial charge in [0.15, 0.2) is 0 Å². The third kappa shape index (κ3) is 2.57. The third-order valence-electron chi connectivity index (χ3n) is 2.80. The molecule has 16 heavy (non-hydrogen) atoms. The molecule has 0 atom stereocenters. The second-order valence-electron chi connectivity index (χ2n) is 5.22. The summed E-state index contributed by atoms with van der Waals surface area (Å²) < 4.78 is 3.32. The van der Waals surface area contributed by atoms with E-state index in [1.807, 2.05) is 20.0 Å². The first kappa shape index (κ1) is 12.3. The van der Waals surface area contributed by atoms with Gasteiger partial charge >= 0.3 is 0 Å². The average molecular weight is 335 g/mol. The molecule has 4 nitrogen and oxygen atoms in total. The number of aromatic nitrogens is 2. The number of halogens is 1. The van der Waals surface area contributed by atoms with Crippen LogP contribution in [-0.4, -0.2) is 45.0 Å². The van der Waals surface area contributed by atoms with Crippen LogP contribution in [0.1, 0.15) is 25.5 Å². The normalized spacial score (nSPS) is 18.8. The van der Waals surface area contributed by atoms with Gasteiger partial charge in [-0.3, -0.25) is 9.58 Å². The Morgan fingerprint density at radius 1 is 1.56 bits per heavy atom. The first-order chi connectivity index (χ1) is 7.37. The number of aliphatic hydroxyl groups is 1. The van der Waals surface area contributed by atoms with E-state index in [2.05, 4.69) is 44.2 Å². The van der Waals surface area contributed by atoms with Crippen molar-refractivity contribution in [2.24, 2.45) is 0 Å². The van der Waals surface area contributed by atoms with E-state index in [9.17, 15) is 5.11 Å². The summed E-state index contributed by atoms with van der Waals surface area (Å²) in [7, 11) is 0. The SMILES string of the molecule is Cc1cnn(C2CN(CC(C)(C)O)C2)c1I. The number of hydrogen-bond donors (Lipinski definition) is 1. The summed E-state index contributed by atoms with van der Waals surface area (Å²) in [6, 6.07) is 0.475. The zero-order valence-corrected chi connectivity index (χ0v) is 12.1. The fourth-order valence-corrected chi connectivity index (χ4v) is 2.72. The van der Waals surface area contributed by atoms with Crippen LogP contribution in [0.2, 0.25) is 0 Å². The highest BCUT2D eigenvalue weighted by atomic mass is 127. The summed E-state index contributed by atoms with van der Waals surface area (Å²) in [6.07, 6.45) is 1.92. The second-order valence-corrected chi connectivity index (χ2v) is 6.25. The van der Waals surface area contributed by atoms with Crippen LogP contribution in [0, 0.1) is 10.6 Å². The molecule has 90 valence electrons. The predicted octanol–water partition coefficient (Wildman–Crippen LogP) is 1.42. The molecule has 0 aromatic carbocycles. The van der Waals surface area contributed by atoms with Crippen LogP contribution in [0.15, 0.2) is 6.20 Å². The molecule has 1 aromatic rings. The molecule has 5 heteroatoms. The van der Waals surface area contributed by atoms with Crippen molar-refractivity contribution in [1.29, 1.82) is 0 Å². The molecule has 2 rings (SSSR count). The second kappa shape index (κ2) is 4.27. The van der Waals surface area contributed by atoms with E-state index < -0.39 is 5.60 Å². The highest BCUT2D eigenvalue weighted by molar-refractivity contribution is 14.1. The summed E-state index contributed by atoms with van der Waals surface area (Å²) >= 11 is 2.34. The lowest BCUT2D eigenvalue weighted by molar-refractivity contribution is -0.00712. The Hall–Kier alpha value is -0.140. The molecule has 0 saturated carbocycles. The van der Waals surface area contributed by atoms with Gasteiger partial charge in [-0.15, -0.1) is 0 Å². The van der Waals surface area contributed by atoms with Crippen LogP contribution in [0.3, 0.4) is 0 Å². The Balaban J connectivity index is 1.91. The maximum absolute atomic E-state index is 9.70. The van der Waals surface area contributed by atoms with Gasteiger partial charge in [0.25, 0.3) is 0 Å². The van der Waals surface area contributed by atoms with Crippen molar-refractivity contribution >= 4 is 22.6 Å². The molecule has 0 spiro atoms. The van der Waals surface area contributed by atoms with Gasteiger partial charge < -0.3 is 5.11 Å². The number of hydrogen-bond acceptors (Lipinski definition) is 3. The van der Waals surface area contributed by atoms with Gasteiger partial charge in [0.1, 0.15) is 3.70 Å². The quantitative estimate of drug-likeness (QED) is 0.850. The lowest BCUT2D eigenvalue weighted by Gasteiger charge is -2.42. The first-order valence-corrected chi connectivity index (χ1v) is 6.59. The van der Waals surface area contributed by atoms with Crippen molar-refractivity contribution in [3.63, 3.8) is 0 Å². The smallest absolute Gasteiger partial charge is 0.102 e. The lowest BCUT2D eigenvalue weighted by Crippen LogP contribution is -2.53.